The van der Waals surface area contributed by atoms with Gasteiger partial charge in [-0.25, -0.2) is 9.97 Å². The number of Topliss-reactive ketones (excluding diaryl/α,β-unsaturated/α-hetero) is 1. The van der Waals surface area contributed by atoms with Crippen LogP contribution in [0, 0.1) is 6.92 Å². The number of ketones is 1. The van der Waals surface area contributed by atoms with Crippen LogP contribution >= 0.6 is 23.1 Å². The Kier molecular flexibility index (Phi) is 5.45. The normalized spacial score (nSPS) is 12.1. The van der Waals surface area contributed by atoms with Crippen molar-refractivity contribution in [2.45, 2.75) is 25.0 Å². The van der Waals surface area contributed by atoms with E-state index >= 15 is 0 Å². The summed E-state index contributed by atoms with van der Waals surface area (Å²) in [6.07, 6.45) is 0.665. The first kappa shape index (κ1) is 17.6. The van der Waals surface area contributed by atoms with Crippen molar-refractivity contribution in [3.05, 3.63) is 53.2 Å². The van der Waals surface area contributed by atoms with Crippen LogP contribution in [0.15, 0.2) is 47.1 Å². The third-order valence-electron chi connectivity index (χ3n) is 3.57. The number of carbonyl (C=O) groups is 2. The van der Waals surface area contributed by atoms with E-state index in [9.17, 15) is 9.59 Å². The number of thiophene rings is 1. The lowest BCUT2D eigenvalue weighted by molar-refractivity contribution is -0.143. The van der Waals surface area contributed by atoms with E-state index in [1.807, 2.05) is 30.5 Å². The molecule has 0 amide bonds. The quantitative estimate of drug-likeness (QED) is 0.283. The van der Waals surface area contributed by atoms with Crippen molar-refractivity contribution in [2.24, 2.45) is 0 Å². The fourth-order valence-corrected chi connectivity index (χ4v) is 3.81. The molecule has 0 radical (unpaired) electrons. The molecule has 3 rings (SSSR count). The van der Waals surface area contributed by atoms with E-state index in [0.29, 0.717) is 5.56 Å². The van der Waals surface area contributed by atoms with Crippen molar-refractivity contribution in [2.75, 3.05) is 5.75 Å². The van der Waals surface area contributed by atoms with Crippen LogP contribution in [-0.4, -0.2) is 33.6 Å². The predicted octanol–water partition coefficient (Wildman–Crippen LogP) is 3.91. The number of hydrogen-bond donors (Lipinski definition) is 0. The molecule has 2 aromatic heterocycles. The third kappa shape index (κ3) is 4.24. The molecule has 0 unspecified atom stereocenters. The molecule has 0 spiro atoms. The zero-order valence-corrected chi connectivity index (χ0v) is 15.4. The van der Waals surface area contributed by atoms with Gasteiger partial charge >= 0.3 is 5.97 Å². The van der Waals surface area contributed by atoms with Gasteiger partial charge in [0, 0.05) is 10.9 Å². The fraction of sp³-hybridized carbons (Fsp3) is 0.222. The van der Waals surface area contributed by atoms with Crippen LogP contribution in [0.4, 0.5) is 0 Å². The standard InChI is InChI=1S/C18H16N2O3S2/c1-11-3-5-13(6-4-11)16(22)12(2)23-15(21)9-25-18-14-7-8-24-17(14)19-10-20-18/h3-8,10,12H,9H2,1-2H3/t12-/m1/s1. The van der Waals surface area contributed by atoms with Crippen molar-refractivity contribution in [1.29, 1.82) is 0 Å². The number of benzene rings is 1. The molecule has 0 bridgehead atoms. The summed E-state index contributed by atoms with van der Waals surface area (Å²) >= 11 is 2.81. The van der Waals surface area contributed by atoms with Crippen LogP contribution in [0.25, 0.3) is 10.2 Å². The van der Waals surface area contributed by atoms with E-state index < -0.39 is 12.1 Å². The van der Waals surface area contributed by atoms with E-state index in [2.05, 4.69) is 9.97 Å². The molecule has 0 fully saturated rings. The minimum absolute atomic E-state index is 0.0908. The van der Waals surface area contributed by atoms with Crippen LogP contribution in [-0.2, 0) is 9.53 Å². The topological polar surface area (TPSA) is 69.2 Å². The maximum atomic E-state index is 12.3. The van der Waals surface area contributed by atoms with E-state index in [1.165, 1.54) is 29.4 Å². The molecule has 3 aromatic rings. The van der Waals surface area contributed by atoms with Crippen LogP contribution in [0.3, 0.4) is 0 Å². The summed E-state index contributed by atoms with van der Waals surface area (Å²) in [4.78, 5) is 33.6. The molecule has 0 saturated heterocycles. The highest BCUT2D eigenvalue weighted by molar-refractivity contribution is 8.00. The molecule has 1 atom stereocenters. The highest BCUT2D eigenvalue weighted by Gasteiger charge is 2.20. The van der Waals surface area contributed by atoms with Crippen molar-refractivity contribution in [1.82, 2.24) is 9.97 Å². The largest absolute Gasteiger partial charge is 0.454 e. The van der Waals surface area contributed by atoms with Gasteiger partial charge in [-0.3, -0.25) is 9.59 Å². The van der Waals surface area contributed by atoms with E-state index in [1.54, 1.807) is 19.1 Å². The summed E-state index contributed by atoms with van der Waals surface area (Å²) in [6.45, 7) is 3.54. The number of hydrogen-bond acceptors (Lipinski definition) is 7. The molecule has 7 heteroatoms. The summed E-state index contributed by atoms with van der Waals surface area (Å²) in [5.41, 5.74) is 1.61. The molecule has 0 aliphatic carbocycles. The minimum Gasteiger partial charge on any atom is -0.454 e. The number of aromatic nitrogens is 2. The zero-order chi connectivity index (χ0) is 17.8. The van der Waals surface area contributed by atoms with E-state index in [4.69, 9.17) is 4.74 Å². The van der Waals surface area contributed by atoms with Crippen molar-refractivity contribution in [3.63, 3.8) is 0 Å². The highest BCUT2D eigenvalue weighted by atomic mass is 32.2. The Morgan fingerprint density at radius 1 is 1.20 bits per heavy atom. The molecule has 2 heterocycles. The summed E-state index contributed by atoms with van der Waals surface area (Å²) in [6, 6.07) is 9.13. The van der Waals surface area contributed by atoms with Gasteiger partial charge in [-0.05, 0) is 25.3 Å². The summed E-state index contributed by atoms with van der Waals surface area (Å²) in [7, 11) is 0. The number of fused-ring (bicyclic) bond motifs is 1. The third-order valence-corrected chi connectivity index (χ3v) is 5.36. The lowest BCUT2D eigenvalue weighted by Gasteiger charge is -2.12. The van der Waals surface area contributed by atoms with Gasteiger partial charge in [0.2, 0.25) is 5.78 Å². The monoisotopic (exact) mass is 372 g/mol. The number of rotatable bonds is 6. The first-order valence-electron chi connectivity index (χ1n) is 7.66. The van der Waals surface area contributed by atoms with Gasteiger partial charge in [0.1, 0.15) is 16.2 Å². The highest BCUT2D eigenvalue weighted by Crippen LogP contribution is 2.27. The Hall–Kier alpha value is -2.25. The smallest absolute Gasteiger partial charge is 0.317 e. The molecule has 1 aromatic carbocycles. The summed E-state index contributed by atoms with van der Waals surface area (Å²) in [5.74, 6) is -0.562. The van der Waals surface area contributed by atoms with Crippen LogP contribution in [0.1, 0.15) is 22.8 Å². The Bertz CT molecular complexity index is 906. The van der Waals surface area contributed by atoms with Gasteiger partial charge in [0.25, 0.3) is 0 Å². The second-order valence-electron chi connectivity index (χ2n) is 5.47. The van der Waals surface area contributed by atoms with Gasteiger partial charge in [-0.15, -0.1) is 11.3 Å². The molecule has 0 aliphatic rings. The molecule has 0 aliphatic heterocycles. The zero-order valence-electron chi connectivity index (χ0n) is 13.8. The molecule has 128 valence electrons. The molecular formula is C18H16N2O3S2. The Morgan fingerprint density at radius 2 is 1.96 bits per heavy atom. The first-order valence-corrected chi connectivity index (χ1v) is 9.52. The summed E-state index contributed by atoms with van der Waals surface area (Å²) in [5, 5.41) is 3.60. The lowest BCUT2D eigenvalue weighted by Crippen LogP contribution is -2.25. The Morgan fingerprint density at radius 3 is 2.72 bits per heavy atom. The lowest BCUT2D eigenvalue weighted by atomic mass is 10.1. The van der Waals surface area contributed by atoms with Crippen LogP contribution in [0.2, 0.25) is 0 Å². The second-order valence-corrected chi connectivity index (χ2v) is 7.33. The number of nitrogens with zero attached hydrogens (tertiary/aromatic N) is 2. The first-order chi connectivity index (χ1) is 12.0. The molecule has 0 N–H and O–H groups in total. The van der Waals surface area contributed by atoms with Gasteiger partial charge in [0.05, 0.1) is 5.75 Å². The number of carbonyl (C=O) groups excluding carboxylic acids is 2. The molecular weight excluding hydrogens is 356 g/mol. The SMILES string of the molecule is Cc1ccc(C(=O)[C@@H](C)OC(=O)CSc2ncnc3sccc23)cc1. The minimum atomic E-state index is -0.817. The Labute approximate surface area is 153 Å². The average molecular weight is 372 g/mol. The number of aryl methyl sites for hydroxylation is 1. The van der Waals surface area contributed by atoms with Crippen LogP contribution < -0.4 is 0 Å². The molecule has 25 heavy (non-hydrogen) atoms. The fourth-order valence-electron chi connectivity index (χ4n) is 2.25. The second kappa shape index (κ2) is 7.76. The van der Waals surface area contributed by atoms with Gasteiger partial charge in [0.15, 0.2) is 6.10 Å². The number of thioether (sulfide) groups is 1. The Balaban J connectivity index is 1.57. The van der Waals surface area contributed by atoms with Gasteiger partial charge in [-0.2, -0.15) is 0 Å². The van der Waals surface area contributed by atoms with Gasteiger partial charge < -0.3 is 4.74 Å². The average Bonchev–Trinajstić information content (AvgIpc) is 3.09. The van der Waals surface area contributed by atoms with Crippen molar-refractivity contribution < 1.29 is 14.3 Å². The van der Waals surface area contributed by atoms with E-state index in [-0.39, 0.29) is 11.5 Å². The van der Waals surface area contributed by atoms with Gasteiger partial charge in [-0.1, -0.05) is 41.6 Å². The number of esters is 1. The van der Waals surface area contributed by atoms with Crippen molar-refractivity contribution in [3.8, 4) is 0 Å². The maximum Gasteiger partial charge on any atom is 0.317 e. The predicted molar refractivity (Wildman–Crippen MR) is 99.2 cm³/mol. The number of ether oxygens (including phenoxy) is 1. The van der Waals surface area contributed by atoms with E-state index in [0.717, 1.165) is 20.8 Å². The molecule has 5 nitrogen and oxygen atoms in total. The van der Waals surface area contributed by atoms with Crippen LogP contribution in [0.5, 0.6) is 0 Å². The van der Waals surface area contributed by atoms with Crippen molar-refractivity contribution >= 4 is 45.1 Å². The summed E-state index contributed by atoms with van der Waals surface area (Å²) < 4.78 is 5.26. The molecule has 0 saturated carbocycles. The maximum absolute atomic E-state index is 12.3.